The highest BCUT2D eigenvalue weighted by atomic mass is 32.2. The maximum absolute atomic E-state index is 12.3. The van der Waals surface area contributed by atoms with Crippen LogP contribution in [0.5, 0.6) is 5.75 Å². The molecule has 0 saturated carbocycles. The van der Waals surface area contributed by atoms with Gasteiger partial charge in [-0.15, -0.1) is 0 Å². The van der Waals surface area contributed by atoms with Gasteiger partial charge in [0.15, 0.2) is 15.9 Å². The van der Waals surface area contributed by atoms with Crippen LogP contribution in [0.4, 0.5) is 5.69 Å². The lowest BCUT2D eigenvalue weighted by atomic mass is 10.0. The molecule has 0 unspecified atom stereocenters. The van der Waals surface area contributed by atoms with E-state index in [1.54, 1.807) is 26.2 Å². The number of anilines is 1. The van der Waals surface area contributed by atoms with Gasteiger partial charge in [0.05, 0.1) is 18.6 Å². The average Bonchev–Trinajstić information content (AvgIpc) is 2.72. The van der Waals surface area contributed by atoms with Crippen LogP contribution in [0.2, 0.25) is 0 Å². The van der Waals surface area contributed by atoms with Crippen LogP contribution in [-0.2, 0) is 14.6 Å². The minimum absolute atomic E-state index is 0.117. The summed E-state index contributed by atoms with van der Waals surface area (Å²) >= 11 is 0. The van der Waals surface area contributed by atoms with Crippen molar-refractivity contribution >= 4 is 21.4 Å². The first-order valence-corrected chi connectivity index (χ1v) is 9.07. The Bertz CT molecular complexity index is 659. The monoisotopic (exact) mass is 327 g/mol. The molecule has 0 aliphatic carbocycles. The SMILES string of the molecule is COc1ccccc1NC(=O)[C@H](C)[NH2+][C@]1(C)CCS(=O)(=O)C1. The largest absolute Gasteiger partial charge is 0.495 e. The van der Waals surface area contributed by atoms with Crippen molar-refractivity contribution < 1.29 is 23.3 Å². The molecule has 1 aliphatic heterocycles. The van der Waals surface area contributed by atoms with Crippen molar-refractivity contribution in [3.8, 4) is 5.75 Å². The highest BCUT2D eigenvalue weighted by Crippen LogP contribution is 2.23. The van der Waals surface area contributed by atoms with Gasteiger partial charge in [-0.3, -0.25) is 4.79 Å². The van der Waals surface area contributed by atoms with Crippen molar-refractivity contribution in [3.63, 3.8) is 0 Å². The van der Waals surface area contributed by atoms with Gasteiger partial charge in [0.2, 0.25) is 0 Å². The van der Waals surface area contributed by atoms with Crippen molar-refractivity contribution in [2.45, 2.75) is 31.8 Å². The van der Waals surface area contributed by atoms with E-state index in [9.17, 15) is 13.2 Å². The number of nitrogens with one attached hydrogen (secondary N) is 1. The standard InChI is InChI=1S/C15H22N2O4S/c1-11(17-15(2)8-9-22(19,20)10-15)14(18)16-12-6-4-5-7-13(12)21-3/h4-7,11,17H,8-10H2,1-3H3,(H,16,18)/p+1/t11-,15+/m0/s1. The normalized spacial score (nSPS) is 24.7. The molecule has 1 saturated heterocycles. The van der Waals surface area contributed by atoms with Crippen LogP contribution in [0, 0.1) is 0 Å². The summed E-state index contributed by atoms with van der Waals surface area (Å²) < 4.78 is 28.5. The van der Waals surface area contributed by atoms with Crippen LogP contribution in [0.3, 0.4) is 0 Å². The summed E-state index contributed by atoms with van der Waals surface area (Å²) in [4.78, 5) is 12.3. The molecule has 0 spiro atoms. The van der Waals surface area contributed by atoms with Crippen LogP contribution in [-0.4, -0.2) is 44.5 Å². The fourth-order valence-corrected chi connectivity index (χ4v) is 5.01. The minimum atomic E-state index is -2.98. The Morgan fingerprint density at radius 1 is 1.41 bits per heavy atom. The molecule has 7 heteroatoms. The van der Waals surface area contributed by atoms with Crippen molar-refractivity contribution in [3.05, 3.63) is 24.3 Å². The topological polar surface area (TPSA) is 89.1 Å². The number of carbonyl (C=O) groups is 1. The lowest BCUT2D eigenvalue weighted by Gasteiger charge is -2.24. The molecule has 1 fully saturated rings. The molecule has 3 N–H and O–H groups in total. The molecule has 2 rings (SSSR count). The Labute approximate surface area is 131 Å². The van der Waals surface area contributed by atoms with E-state index in [0.29, 0.717) is 17.9 Å². The van der Waals surface area contributed by atoms with Gasteiger partial charge in [-0.1, -0.05) is 12.1 Å². The summed E-state index contributed by atoms with van der Waals surface area (Å²) in [6.07, 6.45) is 0.571. The summed E-state index contributed by atoms with van der Waals surface area (Å²) in [6.45, 7) is 3.67. The minimum Gasteiger partial charge on any atom is -0.495 e. The molecule has 22 heavy (non-hydrogen) atoms. The number of methoxy groups -OCH3 is 1. The molecule has 122 valence electrons. The zero-order chi connectivity index (χ0) is 16.4. The van der Waals surface area contributed by atoms with Crippen molar-refractivity contribution in [2.75, 3.05) is 23.9 Å². The van der Waals surface area contributed by atoms with E-state index in [2.05, 4.69) is 5.32 Å². The van der Waals surface area contributed by atoms with Crippen LogP contribution < -0.4 is 15.4 Å². The smallest absolute Gasteiger partial charge is 0.282 e. The fourth-order valence-electron chi connectivity index (χ4n) is 2.84. The second kappa shape index (κ2) is 6.26. The lowest BCUT2D eigenvalue weighted by Crippen LogP contribution is -3.01. The van der Waals surface area contributed by atoms with Crippen LogP contribution in [0.15, 0.2) is 24.3 Å². The Kier molecular flexibility index (Phi) is 4.77. The van der Waals surface area contributed by atoms with Crippen LogP contribution in [0.1, 0.15) is 20.3 Å². The van der Waals surface area contributed by atoms with Gasteiger partial charge in [0.1, 0.15) is 17.0 Å². The molecular formula is C15H23N2O4S+. The molecule has 0 aromatic heterocycles. The van der Waals surface area contributed by atoms with Crippen LogP contribution >= 0.6 is 0 Å². The molecule has 6 nitrogen and oxygen atoms in total. The van der Waals surface area contributed by atoms with Crippen LogP contribution in [0.25, 0.3) is 0 Å². The molecule has 0 bridgehead atoms. The number of nitrogens with two attached hydrogens (primary N) is 1. The van der Waals surface area contributed by atoms with Crippen molar-refractivity contribution in [2.24, 2.45) is 0 Å². The third kappa shape index (κ3) is 3.98. The number of para-hydroxylation sites is 2. The number of ether oxygens (including phenoxy) is 1. The Hall–Kier alpha value is -1.60. The molecule has 1 aromatic rings. The molecule has 0 radical (unpaired) electrons. The van der Waals surface area contributed by atoms with E-state index in [1.807, 2.05) is 24.4 Å². The Morgan fingerprint density at radius 2 is 2.09 bits per heavy atom. The summed E-state index contributed by atoms with van der Waals surface area (Å²) in [5.74, 6) is 0.736. The predicted octanol–water partition coefficient (Wildman–Crippen LogP) is 0.163. The predicted molar refractivity (Wildman–Crippen MR) is 84.7 cm³/mol. The Balaban J connectivity index is 2.01. The van der Waals surface area contributed by atoms with E-state index in [4.69, 9.17) is 4.74 Å². The maximum Gasteiger partial charge on any atom is 0.282 e. The van der Waals surface area contributed by atoms with Gasteiger partial charge in [-0.25, -0.2) is 8.42 Å². The van der Waals surface area contributed by atoms with Gasteiger partial charge >= 0.3 is 0 Å². The van der Waals surface area contributed by atoms with E-state index in [0.717, 1.165) is 0 Å². The number of benzene rings is 1. The number of amides is 1. The van der Waals surface area contributed by atoms with E-state index in [1.165, 1.54) is 0 Å². The molecule has 1 heterocycles. The molecular weight excluding hydrogens is 304 g/mol. The van der Waals surface area contributed by atoms with Crippen molar-refractivity contribution in [1.82, 2.24) is 0 Å². The first kappa shape index (κ1) is 16.8. The van der Waals surface area contributed by atoms with Gasteiger partial charge in [-0.05, 0) is 26.0 Å². The summed E-state index contributed by atoms with van der Waals surface area (Å²) in [7, 11) is -1.43. The number of carbonyl (C=O) groups excluding carboxylic acids is 1. The maximum atomic E-state index is 12.3. The zero-order valence-electron chi connectivity index (χ0n) is 13.1. The Morgan fingerprint density at radius 3 is 2.68 bits per heavy atom. The number of hydrogen-bond donors (Lipinski definition) is 2. The second-order valence-corrected chi connectivity index (χ2v) is 8.33. The molecule has 2 atom stereocenters. The summed E-state index contributed by atoms with van der Waals surface area (Å²) in [6, 6.07) is 6.80. The molecule has 1 amide bonds. The molecule has 1 aromatic carbocycles. The fraction of sp³-hybridized carbons (Fsp3) is 0.533. The third-order valence-corrected chi connectivity index (χ3v) is 5.89. The number of quaternary nitrogens is 1. The van der Waals surface area contributed by atoms with Gasteiger partial charge in [0.25, 0.3) is 5.91 Å². The van der Waals surface area contributed by atoms with E-state index in [-0.39, 0.29) is 23.5 Å². The summed E-state index contributed by atoms with van der Waals surface area (Å²) in [5, 5.41) is 4.68. The first-order chi connectivity index (χ1) is 10.2. The van der Waals surface area contributed by atoms with Crippen molar-refractivity contribution in [1.29, 1.82) is 0 Å². The second-order valence-electron chi connectivity index (χ2n) is 6.14. The van der Waals surface area contributed by atoms with Gasteiger partial charge in [-0.2, -0.15) is 0 Å². The number of sulfone groups is 1. The highest BCUT2D eigenvalue weighted by Gasteiger charge is 2.43. The van der Waals surface area contributed by atoms with E-state index >= 15 is 0 Å². The quantitative estimate of drug-likeness (QED) is 0.806. The van der Waals surface area contributed by atoms with E-state index < -0.39 is 15.4 Å². The first-order valence-electron chi connectivity index (χ1n) is 7.25. The highest BCUT2D eigenvalue weighted by molar-refractivity contribution is 7.91. The zero-order valence-corrected chi connectivity index (χ0v) is 13.9. The van der Waals surface area contributed by atoms with Gasteiger partial charge in [0, 0.05) is 6.42 Å². The average molecular weight is 327 g/mol. The lowest BCUT2D eigenvalue weighted by molar-refractivity contribution is -0.734. The number of hydrogen-bond acceptors (Lipinski definition) is 4. The summed E-state index contributed by atoms with van der Waals surface area (Å²) in [5.41, 5.74) is 0.176. The number of rotatable bonds is 5. The third-order valence-electron chi connectivity index (χ3n) is 3.96. The van der Waals surface area contributed by atoms with Gasteiger partial charge < -0.3 is 15.4 Å². The molecule has 1 aliphatic rings.